The molecule has 1 heterocycles. The Morgan fingerprint density at radius 2 is 1.29 bits per heavy atom. The first-order valence-electron chi connectivity index (χ1n) is 9.17. The molecule has 4 aromatic rings. The monoisotopic (exact) mass is 409 g/mol. The van der Waals surface area contributed by atoms with Gasteiger partial charge in [-0.3, -0.25) is 0 Å². The number of aliphatic hydroxyl groups excluding tert-OH is 1. The van der Waals surface area contributed by atoms with E-state index in [1.54, 1.807) is 11.3 Å². The molecule has 4 rings (SSSR count). The molecule has 2 nitrogen and oxygen atoms in total. The molecule has 28 heavy (non-hydrogen) atoms. The summed E-state index contributed by atoms with van der Waals surface area (Å²) in [6.07, 6.45) is 0.455. The molecule has 0 amide bonds. The minimum Gasteiger partial charge on any atom is -0.386 e. The molecule has 0 saturated heterocycles. The lowest BCUT2D eigenvalue weighted by atomic mass is 9.78. The highest BCUT2D eigenvalue weighted by atomic mass is 35.5. The summed E-state index contributed by atoms with van der Waals surface area (Å²) in [4.78, 5) is 0. The van der Waals surface area contributed by atoms with E-state index in [1.165, 1.54) is 4.70 Å². The number of hydrogen-bond acceptors (Lipinski definition) is 3. The second kappa shape index (κ2) is 8.89. The first kappa shape index (κ1) is 20.6. The van der Waals surface area contributed by atoms with Gasteiger partial charge in [-0.15, -0.1) is 23.7 Å². The average molecular weight is 410 g/mol. The number of fused-ring (bicyclic) bond motifs is 1. The molecular weight excluding hydrogens is 386 g/mol. The zero-order valence-electron chi connectivity index (χ0n) is 15.5. The molecule has 0 aliphatic heterocycles. The quantitative estimate of drug-likeness (QED) is 0.439. The molecule has 0 saturated carbocycles. The Hall–Kier alpha value is -2.17. The predicted octanol–water partition coefficient (Wildman–Crippen LogP) is 5.54. The third-order valence-corrected chi connectivity index (χ3v) is 6.08. The predicted molar refractivity (Wildman–Crippen MR) is 121 cm³/mol. The van der Waals surface area contributed by atoms with Crippen molar-refractivity contribution in [2.45, 2.75) is 24.5 Å². The van der Waals surface area contributed by atoms with Crippen LogP contribution in [0.1, 0.15) is 22.8 Å². The Kier molecular flexibility index (Phi) is 6.53. The van der Waals surface area contributed by atoms with Gasteiger partial charge < -0.3 is 10.8 Å². The van der Waals surface area contributed by atoms with Crippen molar-refractivity contribution in [1.82, 2.24) is 0 Å². The minimum absolute atomic E-state index is 0. The van der Waals surface area contributed by atoms with E-state index in [2.05, 4.69) is 36.4 Å². The summed E-state index contributed by atoms with van der Waals surface area (Å²) in [6, 6.07) is 28.6. The topological polar surface area (TPSA) is 46.2 Å². The molecule has 1 unspecified atom stereocenters. The first-order valence-corrected chi connectivity index (χ1v) is 10.0. The van der Waals surface area contributed by atoms with Crippen molar-refractivity contribution < 1.29 is 5.11 Å². The molecule has 0 aliphatic carbocycles. The number of nitrogens with two attached hydrogens (primary N) is 1. The summed E-state index contributed by atoms with van der Waals surface area (Å²) in [5, 5.41) is 14.6. The fourth-order valence-corrected chi connectivity index (χ4v) is 4.71. The highest BCUT2D eigenvalue weighted by molar-refractivity contribution is 7.17. The van der Waals surface area contributed by atoms with E-state index in [4.69, 9.17) is 5.73 Å². The summed E-state index contributed by atoms with van der Waals surface area (Å²) in [6.45, 7) is 0. The third kappa shape index (κ3) is 4.29. The van der Waals surface area contributed by atoms with Crippen molar-refractivity contribution in [3.63, 3.8) is 0 Å². The van der Waals surface area contributed by atoms with Crippen LogP contribution in [0, 0.1) is 0 Å². The zero-order valence-corrected chi connectivity index (χ0v) is 17.1. The first-order chi connectivity index (χ1) is 13.2. The second-order valence-electron chi connectivity index (χ2n) is 7.15. The third-order valence-electron chi connectivity index (χ3n) is 5.10. The summed E-state index contributed by atoms with van der Waals surface area (Å²) in [5.41, 5.74) is 9.33. The van der Waals surface area contributed by atoms with E-state index < -0.39 is 11.6 Å². The van der Waals surface area contributed by atoms with Crippen molar-refractivity contribution in [2.24, 2.45) is 5.73 Å². The van der Waals surface area contributed by atoms with Gasteiger partial charge in [0.05, 0.1) is 11.6 Å². The van der Waals surface area contributed by atoms with Crippen LogP contribution in [0.25, 0.3) is 10.1 Å². The molecule has 0 radical (unpaired) electrons. The van der Waals surface area contributed by atoms with Crippen molar-refractivity contribution in [1.29, 1.82) is 0 Å². The summed E-state index contributed by atoms with van der Waals surface area (Å²) < 4.78 is 1.17. The van der Waals surface area contributed by atoms with Crippen molar-refractivity contribution in [3.8, 4) is 0 Å². The number of aliphatic hydroxyl groups is 1. The fourth-order valence-electron chi connectivity index (χ4n) is 3.73. The molecule has 0 fully saturated rings. The Morgan fingerprint density at radius 3 is 1.86 bits per heavy atom. The Bertz CT molecular complexity index is 975. The van der Waals surface area contributed by atoms with E-state index in [1.807, 2.05) is 53.9 Å². The van der Waals surface area contributed by atoms with Crippen LogP contribution in [0.5, 0.6) is 0 Å². The lowest BCUT2D eigenvalue weighted by Crippen LogP contribution is -2.50. The Morgan fingerprint density at radius 1 is 0.786 bits per heavy atom. The van der Waals surface area contributed by atoms with Crippen LogP contribution in [-0.4, -0.2) is 10.6 Å². The van der Waals surface area contributed by atoms with Crippen LogP contribution >= 0.6 is 23.7 Å². The van der Waals surface area contributed by atoms with E-state index in [-0.39, 0.29) is 12.4 Å². The van der Waals surface area contributed by atoms with Gasteiger partial charge in [0.1, 0.15) is 0 Å². The van der Waals surface area contributed by atoms with Gasteiger partial charge in [0.25, 0.3) is 0 Å². The number of rotatable bonds is 6. The van der Waals surface area contributed by atoms with Crippen LogP contribution in [0.4, 0.5) is 0 Å². The van der Waals surface area contributed by atoms with Gasteiger partial charge in [-0.25, -0.2) is 0 Å². The largest absolute Gasteiger partial charge is 0.386 e. The second-order valence-corrected chi connectivity index (χ2v) is 8.06. The van der Waals surface area contributed by atoms with Gasteiger partial charge in [0.2, 0.25) is 0 Å². The van der Waals surface area contributed by atoms with Crippen LogP contribution in [0.15, 0.2) is 90.3 Å². The Labute approximate surface area is 176 Å². The number of hydrogen-bond donors (Lipinski definition) is 2. The summed E-state index contributed by atoms with van der Waals surface area (Å²) in [7, 11) is 0. The van der Waals surface area contributed by atoms with E-state index in [0.29, 0.717) is 12.8 Å². The van der Waals surface area contributed by atoms with E-state index in [9.17, 15) is 5.11 Å². The smallest absolute Gasteiger partial charge is 0.0989 e. The van der Waals surface area contributed by atoms with Crippen LogP contribution < -0.4 is 5.73 Å². The molecule has 1 atom stereocenters. The molecule has 0 bridgehead atoms. The number of benzene rings is 3. The highest BCUT2D eigenvalue weighted by Gasteiger charge is 2.36. The van der Waals surface area contributed by atoms with Crippen LogP contribution in [-0.2, 0) is 12.8 Å². The van der Waals surface area contributed by atoms with Crippen LogP contribution in [0.3, 0.4) is 0 Å². The van der Waals surface area contributed by atoms with Crippen LogP contribution in [0.2, 0.25) is 0 Å². The van der Waals surface area contributed by atoms with Gasteiger partial charge >= 0.3 is 0 Å². The average Bonchev–Trinajstić information content (AvgIpc) is 3.13. The molecule has 4 heteroatoms. The zero-order chi connectivity index (χ0) is 18.7. The maximum absolute atomic E-state index is 11.4. The van der Waals surface area contributed by atoms with E-state index >= 15 is 0 Å². The maximum atomic E-state index is 11.4. The minimum atomic E-state index is -0.799. The van der Waals surface area contributed by atoms with E-state index in [0.717, 1.165) is 22.1 Å². The molecule has 144 valence electrons. The molecule has 3 N–H and O–H groups in total. The Balaban J connectivity index is 0.00000225. The molecular formula is C24H24ClNOS. The lowest BCUT2D eigenvalue weighted by Gasteiger charge is -2.35. The maximum Gasteiger partial charge on any atom is 0.0989 e. The summed E-state index contributed by atoms with van der Waals surface area (Å²) >= 11 is 1.66. The van der Waals surface area contributed by atoms with Gasteiger partial charge in [-0.1, -0.05) is 78.9 Å². The normalized spacial score (nSPS) is 12.5. The standard InChI is InChI=1S/C24H23NOS.ClH/c25-24(15-18-9-3-1-4-10-18,16-19-11-5-2-6-12-19)23(26)21-17-27-22-14-8-7-13-20(21)22;/h1-14,17,23,26H,15-16,25H2;1H. The lowest BCUT2D eigenvalue weighted by molar-refractivity contribution is 0.0845. The van der Waals surface area contributed by atoms with Gasteiger partial charge in [-0.2, -0.15) is 0 Å². The summed E-state index contributed by atoms with van der Waals surface area (Å²) in [5.74, 6) is 0. The van der Waals surface area contributed by atoms with Gasteiger partial charge in [-0.05, 0) is 40.8 Å². The molecule has 0 spiro atoms. The molecule has 1 aromatic heterocycles. The SMILES string of the molecule is Cl.NC(Cc1ccccc1)(Cc1ccccc1)C(O)c1csc2ccccc12. The molecule has 3 aromatic carbocycles. The highest BCUT2D eigenvalue weighted by Crippen LogP contribution is 2.37. The molecule has 0 aliphatic rings. The fraction of sp³-hybridized carbons (Fsp3) is 0.167. The van der Waals surface area contributed by atoms with Crippen molar-refractivity contribution in [2.75, 3.05) is 0 Å². The van der Waals surface area contributed by atoms with Crippen molar-refractivity contribution in [3.05, 3.63) is 107 Å². The number of thiophene rings is 1. The number of halogens is 1. The van der Waals surface area contributed by atoms with Gasteiger partial charge in [0, 0.05) is 10.3 Å². The van der Waals surface area contributed by atoms with Gasteiger partial charge in [0.15, 0.2) is 0 Å². The van der Waals surface area contributed by atoms with Crippen molar-refractivity contribution >= 4 is 33.8 Å².